The lowest BCUT2D eigenvalue weighted by Gasteiger charge is -2.22. The molecule has 0 amide bonds. The van der Waals surface area contributed by atoms with Gasteiger partial charge in [-0.15, -0.1) is 0 Å². The number of hydrogen-bond acceptors (Lipinski definition) is 9. The normalized spacial score (nSPS) is 31.2. The van der Waals surface area contributed by atoms with E-state index in [1.165, 1.54) is 0 Å². The van der Waals surface area contributed by atoms with Crippen LogP contribution in [0.1, 0.15) is 12.8 Å². The van der Waals surface area contributed by atoms with Crippen molar-refractivity contribution in [2.75, 3.05) is 27.5 Å². The predicted octanol–water partition coefficient (Wildman–Crippen LogP) is 1.90. The van der Waals surface area contributed by atoms with Crippen molar-refractivity contribution >= 4 is 31.3 Å². The first-order valence-corrected chi connectivity index (χ1v) is 11.3. The summed E-state index contributed by atoms with van der Waals surface area (Å²) in [7, 11) is -7.79. The molecule has 0 saturated carbocycles. The van der Waals surface area contributed by atoms with Gasteiger partial charge in [0.05, 0.1) is 19.4 Å². The fourth-order valence-electron chi connectivity index (χ4n) is 2.02. The van der Waals surface area contributed by atoms with Gasteiger partial charge in [-0.2, -0.15) is 8.62 Å². The summed E-state index contributed by atoms with van der Waals surface area (Å²) in [6, 6.07) is -0.681. The van der Waals surface area contributed by atoms with Crippen molar-refractivity contribution in [3.8, 4) is 0 Å². The molecule has 2 N–H and O–H groups in total. The maximum Gasteiger partial charge on any atom is 0.492 e. The lowest BCUT2D eigenvalue weighted by molar-refractivity contribution is 0.0221. The zero-order valence-electron chi connectivity index (χ0n) is 13.4. The highest BCUT2D eigenvalue weighted by Gasteiger charge is 2.44. The molecule has 0 aromatic heterocycles. The van der Waals surface area contributed by atoms with Crippen molar-refractivity contribution in [1.29, 1.82) is 0 Å². The molecule has 16 heteroatoms. The van der Waals surface area contributed by atoms with Crippen molar-refractivity contribution < 1.29 is 54.8 Å². The molecule has 1 heterocycles. The smallest absolute Gasteiger partial charge is 0.382 e. The summed E-state index contributed by atoms with van der Waals surface area (Å²) in [4.78, 5) is 18.7. The molecule has 0 spiro atoms. The van der Waals surface area contributed by atoms with Gasteiger partial charge in [0.15, 0.2) is 0 Å². The minimum Gasteiger partial charge on any atom is -0.382 e. The second kappa shape index (κ2) is 9.53. The first-order valence-electron chi connectivity index (χ1n) is 6.87. The van der Waals surface area contributed by atoms with Crippen LogP contribution < -0.4 is 0 Å². The van der Waals surface area contributed by atoms with Gasteiger partial charge < -0.3 is 14.5 Å². The van der Waals surface area contributed by atoms with E-state index in [0.29, 0.717) is 6.42 Å². The third-order valence-electron chi connectivity index (χ3n) is 3.15. The lowest BCUT2D eigenvalue weighted by atomic mass is 9.89. The number of ether oxygens (including phenoxy) is 1. The molecule has 1 aliphatic rings. The van der Waals surface area contributed by atoms with Crippen LogP contribution in [0.4, 0.5) is 4.39 Å². The summed E-state index contributed by atoms with van der Waals surface area (Å²) in [5.74, 6) is -0.350. The summed E-state index contributed by atoms with van der Waals surface area (Å²) in [6.45, 7) is -1.17. The van der Waals surface area contributed by atoms with Crippen molar-refractivity contribution in [3.63, 3.8) is 0 Å². The highest BCUT2D eigenvalue weighted by molar-refractivity contribution is 7.67. The van der Waals surface area contributed by atoms with Gasteiger partial charge in [-0.05, 0) is 18.8 Å². The van der Waals surface area contributed by atoms with Crippen LogP contribution in [0.15, 0.2) is 0 Å². The highest BCUT2D eigenvalue weighted by atomic mass is 31.3. The topological polar surface area (TPSA) is 147 Å². The van der Waals surface area contributed by atoms with Crippen LogP contribution in [0.3, 0.4) is 0 Å². The molecule has 0 aliphatic carbocycles. The predicted molar refractivity (Wildman–Crippen MR) is 82.5 cm³/mol. The quantitative estimate of drug-likeness (QED) is 0.369. The first-order chi connectivity index (χ1) is 11.5. The minimum atomic E-state index is -5.06. The average molecular weight is 426 g/mol. The van der Waals surface area contributed by atoms with Gasteiger partial charge in [-0.25, -0.2) is 13.7 Å². The van der Waals surface area contributed by atoms with Crippen LogP contribution in [0, 0.1) is 5.92 Å². The van der Waals surface area contributed by atoms with Gasteiger partial charge in [0.25, 0.3) is 0 Å². The fraction of sp³-hybridized carbons (Fsp3) is 1.00. The van der Waals surface area contributed by atoms with E-state index in [-0.39, 0.29) is 12.3 Å². The van der Waals surface area contributed by atoms with Crippen LogP contribution in [0.25, 0.3) is 0 Å². The van der Waals surface area contributed by atoms with Crippen LogP contribution in [-0.2, 0) is 40.6 Å². The van der Waals surface area contributed by atoms with Gasteiger partial charge in [-0.3, -0.25) is 18.0 Å². The number of alkyl halides is 1. The number of rotatable bonds is 11. The molecule has 0 bridgehead atoms. The zero-order valence-corrected chi connectivity index (χ0v) is 16.1. The van der Waals surface area contributed by atoms with Crippen molar-refractivity contribution in [2.45, 2.75) is 24.9 Å². The van der Waals surface area contributed by atoms with Gasteiger partial charge in [0.1, 0.15) is 7.85 Å². The molecule has 146 valence electrons. The molecule has 6 unspecified atom stereocenters. The van der Waals surface area contributed by atoms with E-state index < -0.39 is 48.9 Å². The molecule has 1 aliphatic heterocycles. The fourth-order valence-corrected chi connectivity index (χ4v) is 5.75. The summed E-state index contributed by atoms with van der Waals surface area (Å²) in [5.41, 5.74) is 0. The Balaban J connectivity index is 2.69. The third kappa shape index (κ3) is 7.86. The molecular weight excluding hydrogens is 407 g/mol. The van der Waals surface area contributed by atoms with Gasteiger partial charge in [0.2, 0.25) is 0 Å². The summed E-state index contributed by atoms with van der Waals surface area (Å²) < 4.78 is 74.1. The summed E-state index contributed by atoms with van der Waals surface area (Å²) >= 11 is 0. The van der Waals surface area contributed by atoms with E-state index in [0.717, 1.165) is 14.2 Å². The van der Waals surface area contributed by atoms with Crippen molar-refractivity contribution in [1.82, 2.24) is 0 Å². The molecule has 11 nitrogen and oxygen atoms in total. The van der Waals surface area contributed by atoms with E-state index in [2.05, 4.69) is 22.2 Å². The third-order valence-corrected chi connectivity index (χ3v) is 7.79. The van der Waals surface area contributed by atoms with Gasteiger partial charge >= 0.3 is 23.5 Å². The molecule has 0 aromatic rings. The maximum absolute atomic E-state index is 12.5. The Morgan fingerprint density at radius 2 is 1.76 bits per heavy atom. The van der Waals surface area contributed by atoms with E-state index in [1.54, 1.807) is 0 Å². The molecule has 6 atom stereocenters. The number of halogens is 1. The molecule has 1 fully saturated rings. The van der Waals surface area contributed by atoms with Crippen LogP contribution in [-0.4, -0.2) is 57.2 Å². The molecular formula is C9H19BFO11P3. The number of hydrogen-bond donors (Lipinski definition) is 2. The maximum atomic E-state index is 12.5. The van der Waals surface area contributed by atoms with Crippen molar-refractivity contribution in [3.05, 3.63) is 0 Å². The van der Waals surface area contributed by atoms with E-state index in [1.807, 2.05) is 0 Å². The Morgan fingerprint density at radius 1 is 1.16 bits per heavy atom. The van der Waals surface area contributed by atoms with Gasteiger partial charge in [-0.1, -0.05) is 0 Å². The first kappa shape index (κ1) is 23.4. The van der Waals surface area contributed by atoms with E-state index in [9.17, 15) is 23.0 Å². The van der Waals surface area contributed by atoms with Crippen LogP contribution >= 0.6 is 23.5 Å². The van der Waals surface area contributed by atoms with Gasteiger partial charge in [0, 0.05) is 20.2 Å². The number of phosphoric ester groups is 2. The highest BCUT2D eigenvalue weighted by Crippen LogP contribution is 2.69. The molecule has 2 radical (unpaired) electrons. The Kier molecular flexibility index (Phi) is 8.92. The average Bonchev–Trinajstić information content (AvgIpc) is 2.84. The summed E-state index contributed by atoms with van der Waals surface area (Å²) in [6.07, 6.45) is -0.351. The molecule has 1 rings (SSSR count). The monoisotopic (exact) mass is 426 g/mol. The van der Waals surface area contributed by atoms with Crippen LogP contribution in [0.5, 0.6) is 0 Å². The molecule has 25 heavy (non-hydrogen) atoms. The second-order valence-electron chi connectivity index (χ2n) is 4.89. The lowest BCUT2D eigenvalue weighted by Crippen LogP contribution is -2.23. The van der Waals surface area contributed by atoms with E-state index in [4.69, 9.17) is 17.5 Å². The minimum absolute atomic E-state index is 0.111. The Bertz CT molecular complexity index is 577. The Hall–Kier alpha value is 0.365. The molecule has 1 saturated heterocycles. The SMILES string of the molecule is [B]C1CC(CCF)C(COP(=O)(O)OP(=O)(OC)OP(=O)(O)OC)O1. The largest absolute Gasteiger partial charge is 0.492 e. The Labute approximate surface area is 145 Å². The van der Waals surface area contributed by atoms with E-state index >= 15 is 0 Å². The second-order valence-corrected chi connectivity index (χ2v) is 9.96. The Morgan fingerprint density at radius 3 is 2.28 bits per heavy atom. The zero-order chi connectivity index (χ0) is 19.3. The number of phosphoric acid groups is 3. The standard InChI is InChI=1S/C9H19BFO11P3/c1-17-23(12,13)21-25(16,18-2)22-24(14,15)19-6-8-7(3-4-11)5-9(10)20-8/h7-9H,3-6H2,1-2H3,(H,12,13)(H,14,15). The van der Waals surface area contributed by atoms with Crippen LogP contribution in [0.2, 0.25) is 0 Å². The van der Waals surface area contributed by atoms with Crippen molar-refractivity contribution in [2.24, 2.45) is 5.92 Å². The summed E-state index contributed by atoms with van der Waals surface area (Å²) in [5, 5.41) is 0. The molecule has 0 aromatic carbocycles.